The van der Waals surface area contributed by atoms with E-state index in [0.717, 1.165) is 5.56 Å². The first kappa shape index (κ1) is 17.0. The summed E-state index contributed by atoms with van der Waals surface area (Å²) >= 11 is 0. The van der Waals surface area contributed by atoms with Crippen LogP contribution < -0.4 is 5.32 Å². The molecule has 0 unspecified atom stereocenters. The Bertz CT molecular complexity index is 500. The first-order valence-corrected chi connectivity index (χ1v) is 7.97. The highest BCUT2D eigenvalue weighted by molar-refractivity contribution is 7.89. The van der Waals surface area contributed by atoms with Gasteiger partial charge in [-0.05, 0) is 32.5 Å². The number of hydrogen-bond acceptors (Lipinski definition) is 5. The standard InChI is InChI=1S/C13H23N3O3S/c1-11(2)16(7-8-19-4)20(17,18)13-6-5-12(9-14-3)10-15-13/h5-6,10-11,14H,7-9H2,1-4H3. The molecule has 0 saturated heterocycles. The molecule has 20 heavy (non-hydrogen) atoms. The third-order valence-corrected chi connectivity index (χ3v) is 4.84. The van der Waals surface area contributed by atoms with Crippen molar-refractivity contribution in [3.63, 3.8) is 0 Å². The van der Waals surface area contributed by atoms with E-state index in [4.69, 9.17) is 4.74 Å². The van der Waals surface area contributed by atoms with Gasteiger partial charge in [0, 0.05) is 32.4 Å². The molecule has 6 nitrogen and oxygen atoms in total. The molecule has 1 N–H and O–H groups in total. The summed E-state index contributed by atoms with van der Waals surface area (Å²) in [4.78, 5) is 4.07. The second-order valence-electron chi connectivity index (χ2n) is 4.74. The van der Waals surface area contributed by atoms with Crippen LogP contribution in [0.5, 0.6) is 0 Å². The van der Waals surface area contributed by atoms with Gasteiger partial charge in [-0.3, -0.25) is 0 Å². The van der Waals surface area contributed by atoms with E-state index in [0.29, 0.717) is 19.7 Å². The third-order valence-electron chi connectivity index (χ3n) is 2.84. The van der Waals surface area contributed by atoms with Crippen molar-refractivity contribution >= 4 is 10.0 Å². The minimum atomic E-state index is -3.58. The molecule has 7 heteroatoms. The van der Waals surface area contributed by atoms with Crippen molar-refractivity contribution in [3.05, 3.63) is 23.9 Å². The lowest BCUT2D eigenvalue weighted by Gasteiger charge is -2.25. The van der Waals surface area contributed by atoms with Crippen LogP contribution in [0.25, 0.3) is 0 Å². The summed E-state index contributed by atoms with van der Waals surface area (Å²) in [5, 5.41) is 3.07. The number of nitrogens with zero attached hydrogens (tertiary/aromatic N) is 2. The monoisotopic (exact) mass is 301 g/mol. The number of pyridine rings is 1. The molecule has 0 aliphatic carbocycles. The fourth-order valence-corrected chi connectivity index (χ4v) is 3.37. The molecule has 0 amide bonds. The average Bonchev–Trinajstić information content (AvgIpc) is 2.39. The lowest BCUT2D eigenvalue weighted by molar-refractivity contribution is 0.170. The predicted molar refractivity (Wildman–Crippen MR) is 77.9 cm³/mol. The summed E-state index contributed by atoms with van der Waals surface area (Å²) < 4.78 is 31.5. The Hall–Kier alpha value is -1.02. The molecule has 1 aromatic heterocycles. The topological polar surface area (TPSA) is 71.5 Å². The van der Waals surface area contributed by atoms with E-state index < -0.39 is 10.0 Å². The number of sulfonamides is 1. The zero-order valence-corrected chi connectivity index (χ0v) is 13.3. The predicted octanol–water partition coefficient (Wildman–Crippen LogP) is 0.846. The van der Waals surface area contributed by atoms with E-state index in [1.54, 1.807) is 25.4 Å². The van der Waals surface area contributed by atoms with Crippen molar-refractivity contribution in [2.45, 2.75) is 31.5 Å². The minimum absolute atomic E-state index is 0.0714. The van der Waals surface area contributed by atoms with Gasteiger partial charge < -0.3 is 10.1 Å². The Morgan fingerprint density at radius 2 is 2.10 bits per heavy atom. The first-order chi connectivity index (χ1) is 9.43. The van der Waals surface area contributed by atoms with Crippen molar-refractivity contribution in [2.24, 2.45) is 0 Å². The van der Waals surface area contributed by atoms with Gasteiger partial charge in [0.05, 0.1) is 6.61 Å². The second kappa shape index (κ2) is 7.68. The van der Waals surface area contributed by atoms with Crippen molar-refractivity contribution in [1.29, 1.82) is 0 Å². The second-order valence-corrected chi connectivity index (χ2v) is 6.57. The zero-order valence-electron chi connectivity index (χ0n) is 12.5. The van der Waals surface area contributed by atoms with Gasteiger partial charge in [0.15, 0.2) is 5.03 Å². The summed E-state index contributed by atoms with van der Waals surface area (Å²) in [7, 11) is -0.202. The summed E-state index contributed by atoms with van der Waals surface area (Å²) in [6, 6.07) is 3.17. The Labute approximate surface area is 121 Å². The van der Waals surface area contributed by atoms with E-state index in [2.05, 4.69) is 10.3 Å². The average molecular weight is 301 g/mol. The smallest absolute Gasteiger partial charge is 0.260 e. The van der Waals surface area contributed by atoms with E-state index in [1.165, 1.54) is 4.31 Å². The van der Waals surface area contributed by atoms with E-state index in [-0.39, 0.29) is 11.1 Å². The molecule has 0 spiro atoms. The molecule has 0 bridgehead atoms. The van der Waals surface area contributed by atoms with Gasteiger partial charge in [-0.1, -0.05) is 6.07 Å². The summed E-state index contributed by atoms with van der Waals surface area (Å²) in [5.74, 6) is 0. The quantitative estimate of drug-likeness (QED) is 0.770. The minimum Gasteiger partial charge on any atom is -0.383 e. The molecule has 0 saturated carbocycles. The lowest BCUT2D eigenvalue weighted by Crippen LogP contribution is -2.39. The van der Waals surface area contributed by atoms with E-state index >= 15 is 0 Å². The molecule has 0 aliphatic heterocycles. The van der Waals surface area contributed by atoms with Gasteiger partial charge in [0.2, 0.25) is 0 Å². The highest BCUT2D eigenvalue weighted by Gasteiger charge is 2.27. The summed E-state index contributed by atoms with van der Waals surface area (Å²) in [5.41, 5.74) is 0.944. The van der Waals surface area contributed by atoms with Crippen LogP contribution in [-0.2, 0) is 21.3 Å². The Morgan fingerprint density at radius 1 is 1.40 bits per heavy atom. The number of aromatic nitrogens is 1. The van der Waals surface area contributed by atoms with Gasteiger partial charge >= 0.3 is 0 Å². The molecule has 0 atom stereocenters. The number of rotatable bonds is 8. The van der Waals surface area contributed by atoms with Gasteiger partial charge in [-0.25, -0.2) is 13.4 Å². The van der Waals surface area contributed by atoms with Crippen LogP contribution in [0.2, 0.25) is 0 Å². The zero-order chi connectivity index (χ0) is 15.2. The fourth-order valence-electron chi connectivity index (χ4n) is 1.83. The van der Waals surface area contributed by atoms with Gasteiger partial charge in [0.25, 0.3) is 10.0 Å². The lowest BCUT2D eigenvalue weighted by atomic mass is 10.3. The molecule has 1 aromatic rings. The van der Waals surface area contributed by atoms with Crippen molar-refractivity contribution in [1.82, 2.24) is 14.6 Å². The van der Waals surface area contributed by atoms with Crippen molar-refractivity contribution in [3.8, 4) is 0 Å². The molecule has 0 aliphatic rings. The maximum Gasteiger partial charge on any atom is 0.260 e. The largest absolute Gasteiger partial charge is 0.383 e. The summed E-state index contributed by atoms with van der Waals surface area (Å²) in [6.07, 6.45) is 1.58. The van der Waals surface area contributed by atoms with Crippen LogP contribution in [0.3, 0.4) is 0 Å². The molecule has 1 rings (SSSR count). The molecule has 1 heterocycles. The Kier molecular flexibility index (Phi) is 6.54. The Balaban J connectivity index is 3.00. The summed E-state index contributed by atoms with van der Waals surface area (Å²) in [6.45, 7) is 5.00. The van der Waals surface area contributed by atoms with Gasteiger partial charge in [-0.15, -0.1) is 0 Å². The SMILES string of the molecule is CNCc1ccc(S(=O)(=O)N(CCOC)C(C)C)nc1. The fraction of sp³-hybridized carbons (Fsp3) is 0.615. The van der Waals surface area contributed by atoms with Gasteiger partial charge in [-0.2, -0.15) is 4.31 Å². The molecule has 0 aromatic carbocycles. The number of hydrogen-bond donors (Lipinski definition) is 1. The van der Waals surface area contributed by atoms with Crippen LogP contribution in [0.1, 0.15) is 19.4 Å². The third kappa shape index (κ3) is 4.24. The molecule has 0 radical (unpaired) electrons. The maximum absolute atomic E-state index is 12.5. The van der Waals surface area contributed by atoms with Crippen LogP contribution in [0, 0.1) is 0 Å². The van der Waals surface area contributed by atoms with E-state index in [9.17, 15) is 8.42 Å². The van der Waals surface area contributed by atoms with Crippen LogP contribution in [0.15, 0.2) is 23.4 Å². The van der Waals surface area contributed by atoms with Crippen LogP contribution >= 0.6 is 0 Å². The highest BCUT2D eigenvalue weighted by Crippen LogP contribution is 2.16. The molecule has 0 fully saturated rings. The highest BCUT2D eigenvalue weighted by atomic mass is 32.2. The van der Waals surface area contributed by atoms with Gasteiger partial charge in [0.1, 0.15) is 0 Å². The van der Waals surface area contributed by atoms with E-state index in [1.807, 2.05) is 20.9 Å². The Morgan fingerprint density at radius 3 is 2.55 bits per heavy atom. The van der Waals surface area contributed by atoms with Crippen LogP contribution in [0.4, 0.5) is 0 Å². The maximum atomic E-state index is 12.5. The number of ether oxygens (including phenoxy) is 1. The van der Waals surface area contributed by atoms with Crippen LogP contribution in [-0.4, -0.2) is 51.1 Å². The van der Waals surface area contributed by atoms with Crippen molar-refractivity contribution < 1.29 is 13.2 Å². The molecular formula is C13H23N3O3S. The number of methoxy groups -OCH3 is 1. The molecular weight excluding hydrogens is 278 g/mol. The number of nitrogens with one attached hydrogen (secondary N) is 1. The first-order valence-electron chi connectivity index (χ1n) is 6.53. The normalized spacial score (nSPS) is 12.3. The molecule has 114 valence electrons. The van der Waals surface area contributed by atoms with Crippen molar-refractivity contribution in [2.75, 3.05) is 27.3 Å².